The maximum Gasteiger partial charge on any atom is 0.247 e. The molecule has 1 N–H and O–H groups in total. The van der Waals surface area contributed by atoms with Gasteiger partial charge in [-0.3, -0.25) is 9.48 Å². The largest absolute Gasteiger partial charge is 0.391 e. The number of rotatable bonds is 3. The van der Waals surface area contributed by atoms with Crippen molar-refractivity contribution in [3.8, 4) is 0 Å². The minimum absolute atomic E-state index is 0.00431. The van der Waals surface area contributed by atoms with E-state index in [-0.39, 0.29) is 18.0 Å². The van der Waals surface area contributed by atoms with Crippen molar-refractivity contribution < 1.29 is 9.90 Å². The summed E-state index contributed by atoms with van der Waals surface area (Å²) < 4.78 is 1.65. The van der Waals surface area contributed by atoms with Crippen LogP contribution in [0.4, 0.5) is 0 Å². The van der Waals surface area contributed by atoms with Gasteiger partial charge >= 0.3 is 0 Å². The average Bonchev–Trinajstić information content (AvgIpc) is 2.90. The molecule has 1 fully saturated rings. The van der Waals surface area contributed by atoms with Gasteiger partial charge in [0.1, 0.15) is 6.04 Å². The van der Waals surface area contributed by atoms with Crippen LogP contribution in [-0.4, -0.2) is 44.9 Å². The third kappa shape index (κ3) is 2.56. The molecule has 1 aromatic heterocycles. The highest BCUT2D eigenvalue weighted by Gasteiger charge is 2.31. The first kappa shape index (κ1) is 13.1. The smallest absolute Gasteiger partial charge is 0.247 e. The van der Waals surface area contributed by atoms with Crippen LogP contribution in [0.15, 0.2) is 18.5 Å². The highest BCUT2D eigenvalue weighted by atomic mass is 16.3. The Morgan fingerprint density at radius 1 is 1.50 bits per heavy atom. The van der Waals surface area contributed by atoms with E-state index in [0.29, 0.717) is 0 Å². The van der Waals surface area contributed by atoms with Gasteiger partial charge in [0.25, 0.3) is 0 Å². The lowest BCUT2D eigenvalue weighted by Gasteiger charge is -2.36. The van der Waals surface area contributed by atoms with Gasteiger partial charge in [-0.05, 0) is 25.8 Å². The van der Waals surface area contributed by atoms with Gasteiger partial charge in [0.05, 0.1) is 12.1 Å². The molecule has 5 heteroatoms. The zero-order valence-electron chi connectivity index (χ0n) is 11.0. The minimum atomic E-state index is -0.391. The summed E-state index contributed by atoms with van der Waals surface area (Å²) in [5.41, 5.74) is 0. The van der Waals surface area contributed by atoms with E-state index in [1.807, 2.05) is 6.92 Å². The fraction of sp³-hybridized carbons (Fsp3) is 0.692. The first-order valence-corrected chi connectivity index (χ1v) is 6.55. The van der Waals surface area contributed by atoms with Gasteiger partial charge in [0.2, 0.25) is 5.91 Å². The molecule has 100 valence electrons. The third-order valence-electron chi connectivity index (χ3n) is 3.82. The minimum Gasteiger partial charge on any atom is -0.391 e. The number of carbonyl (C=O) groups is 1. The number of amides is 1. The molecule has 0 saturated heterocycles. The fourth-order valence-electron chi connectivity index (χ4n) is 2.62. The Kier molecular flexibility index (Phi) is 4.01. The van der Waals surface area contributed by atoms with Crippen LogP contribution in [0.1, 0.15) is 38.6 Å². The zero-order valence-corrected chi connectivity index (χ0v) is 11.0. The fourth-order valence-corrected chi connectivity index (χ4v) is 2.62. The summed E-state index contributed by atoms with van der Waals surface area (Å²) in [5.74, 6) is 0.00431. The number of carbonyl (C=O) groups excluding carboxylic acids is 1. The first-order valence-electron chi connectivity index (χ1n) is 6.55. The van der Waals surface area contributed by atoms with Crippen LogP contribution in [-0.2, 0) is 4.79 Å². The Labute approximate surface area is 107 Å². The number of aromatic nitrogens is 2. The molecule has 1 amide bonds. The van der Waals surface area contributed by atoms with E-state index >= 15 is 0 Å². The number of aliphatic hydroxyl groups is 1. The summed E-state index contributed by atoms with van der Waals surface area (Å²) in [6.07, 6.45) is 6.86. The van der Waals surface area contributed by atoms with Crippen molar-refractivity contribution in [3.63, 3.8) is 0 Å². The lowest BCUT2D eigenvalue weighted by molar-refractivity contribution is -0.138. The summed E-state index contributed by atoms with van der Waals surface area (Å²) in [7, 11) is 1.78. The van der Waals surface area contributed by atoms with Crippen LogP contribution < -0.4 is 0 Å². The van der Waals surface area contributed by atoms with Gasteiger partial charge in [0, 0.05) is 19.4 Å². The molecular formula is C13H21N3O2. The van der Waals surface area contributed by atoms with Crippen LogP contribution in [0.3, 0.4) is 0 Å². The number of hydrogen-bond donors (Lipinski definition) is 1. The molecule has 1 saturated carbocycles. The van der Waals surface area contributed by atoms with Gasteiger partial charge in [-0.1, -0.05) is 12.8 Å². The number of hydrogen-bond acceptors (Lipinski definition) is 3. The quantitative estimate of drug-likeness (QED) is 0.878. The molecule has 3 unspecified atom stereocenters. The molecule has 2 rings (SSSR count). The molecule has 1 aliphatic rings. The number of nitrogens with zero attached hydrogens (tertiary/aromatic N) is 3. The predicted molar refractivity (Wildman–Crippen MR) is 68.0 cm³/mol. The Hall–Kier alpha value is -1.36. The van der Waals surface area contributed by atoms with Crippen LogP contribution in [0.5, 0.6) is 0 Å². The summed E-state index contributed by atoms with van der Waals surface area (Å²) in [4.78, 5) is 14.0. The molecule has 0 bridgehead atoms. The molecule has 3 atom stereocenters. The Balaban J connectivity index is 2.03. The summed E-state index contributed by atoms with van der Waals surface area (Å²) in [6, 6.07) is 1.43. The van der Waals surface area contributed by atoms with Gasteiger partial charge in [-0.15, -0.1) is 0 Å². The lowest BCUT2D eigenvalue weighted by Crippen LogP contribution is -2.48. The van der Waals surface area contributed by atoms with E-state index < -0.39 is 6.10 Å². The first-order chi connectivity index (χ1) is 8.61. The molecule has 1 aromatic rings. The van der Waals surface area contributed by atoms with Crippen LogP contribution in [0.2, 0.25) is 0 Å². The predicted octanol–water partition coefficient (Wildman–Crippen LogP) is 1.21. The van der Waals surface area contributed by atoms with Gasteiger partial charge in [0.15, 0.2) is 0 Å². The van der Waals surface area contributed by atoms with E-state index in [2.05, 4.69) is 5.10 Å². The number of likely N-dealkylation sites (N-methyl/N-ethyl adjacent to an activating group) is 1. The summed E-state index contributed by atoms with van der Waals surface area (Å²) >= 11 is 0. The average molecular weight is 251 g/mol. The zero-order chi connectivity index (χ0) is 13.1. The lowest BCUT2D eigenvalue weighted by atomic mass is 9.91. The maximum absolute atomic E-state index is 12.3. The van der Waals surface area contributed by atoms with Gasteiger partial charge in [-0.25, -0.2) is 0 Å². The van der Waals surface area contributed by atoms with Crippen LogP contribution in [0, 0.1) is 0 Å². The topological polar surface area (TPSA) is 58.4 Å². The van der Waals surface area contributed by atoms with Crippen molar-refractivity contribution in [3.05, 3.63) is 18.5 Å². The second-order valence-corrected chi connectivity index (χ2v) is 5.03. The molecule has 0 radical (unpaired) electrons. The molecule has 0 aromatic carbocycles. The Morgan fingerprint density at radius 2 is 2.22 bits per heavy atom. The van der Waals surface area contributed by atoms with Crippen LogP contribution in [0.25, 0.3) is 0 Å². The molecular weight excluding hydrogens is 230 g/mol. The Morgan fingerprint density at radius 3 is 2.83 bits per heavy atom. The van der Waals surface area contributed by atoms with E-state index in [9.17, 15) is 9.90 Å². The van der Waals surface area contributed by atoms with E-state index in [1.165, 1.54) is 0 Å². The van der Waals surface area contributed by atoms with Crippen LogP contribution >= 0.6 is 0 Å². The normalized spacial score (nSPS) is 25.7. The van der Waals surface area contributed by atoms with Crippen molar-refractivity contribution in [2.24, 2.45) is 0 Å². The second-order valence-electron chi connectivity index (χ2n) is 5.03. The SMILES string of the molecule is CC(C(=O)N(C)C1CCCCC1O)n1cccn1. The van der Waals surface area contributed by atoms with Gasteiger partial charge in [-0.2, -0.15) is 5.10 Å². The molecule has 5 nitrogen and oxygen atoms in total. The summed E-state index contributed by atoms with van der Waals surface area (Å²) in [5, 5.41) is 14.1. The molecule has 18 heavy (non-hydrogen) atoms. The molecule has 0 aliphatic heterocycles. The third-order valence-corrected chi connectivity index (χ3v) is 3.82. The number of aliphatic hydroxyl groups excluding tert-OH is 1. The van der Waals surface area contributed by atoms with E-state index in [1.54, 1.807) is 35.1 Å². The van der Waals surface area contributed by atoms with Crippen molar-refractivity contribution in [1.82, 2.24) is 14.7 Å². The summed E-state index contributed by atoms with van der Waals surface area (Å²) in [6.45, 7) is 1.83. The van der Waals surface area contributed by atoms with Crippen molar-refractivity contribution in [1.29, 1.82) is 0 Å². The van der Waals surface area contributed by atoms with Gasteiger partial charge < -0.3 is 10.0 Å². The standard InChI is InChI=1S/C13H21N3O2/c1-10(16-9-5-8-14-16)13(18)15(2)11-6-3-4-7-12(11)17/h5,8-12,17H,3-4,6-7H2,1-2H3. The van der Waals surface area contributed by atoms with E-state index in [0.717, 1.165) is 25.7 Å². The van der Waals surface area contributed by atoms with E-state index in [4.69, 9.17) is 0 Å². The monoisotopic (exact) mass is 251 g/mol. The maximum atomic E-state index is 12.3. The molecule has 0 spiro atoms. The van der Waals surface area contributed by atoms with Crippen molar-refractivity contribution in [2.75, 3.05) is 7.05 Å². The van der Waals surface area contributed by atoms with Crippen molar-refractivity contribution >= 4 is 5.91 Å². The Bertz CT molecular complexity index is 391. The highest BCUT2D eigenvalue weighted by Crippen LogP contribution is 2.24. The second kappa shape index (κ2) is 5.52. The molecule has 1 aliphatic carbocycles. The molecule has 1 heterocycles. The van der Waals surface area contributed by atoms with Crippen molar-refractivity contribution in [2.45, 2.75) is 50.8 Å². The highest BCUT2D eigenvalue weighted by molar-refractivity contribution is 5.80.